The molecule has 0 saturated carbocycles. The number of hydrogen-bond acceptors (Lipinski definition) is 2. The SMILES string of the molecule is CC(=O)c1ccc(-c2ccc(C(=O)O)cc2C)c(C)c1. The number of carboxylic acids is 1. The van der Waals surface area contributed by atoms with Gasteiger partial charge in [0.25, 0.3) is 0 Å². The van der Waals surface area contributed by atoms with Crippen LogP contribution in [0.5, 0.6) is 0 Å². The molecule has 0 amide bonds. The van der Waals surface area contributed by atoms with Gasteiger partial charge in [-0.05, 0) is 61.2 Å². The minimum absolute atomic E-state index is 0.0394. The Bertz CT molecular complexity index is 638. The summed E-state index contributed by atoms with van der Waals surface area (Å²) in [4.78, 5) is 22.3. The molecule has 0 aromatic heterocycles. The van der Waals surface area contributed by atoms with Gasteiger partial charge >= 0.3 is 5.97 Å². The van der Waals surface area contributed by atoms with Crippen LogP contribution in [0.3, 0.4) is 0 Å². The molecular weight excluding hydrogens is 252 g/mol. The summed E-state index contributed by atoms with van der Waals surface area (Å²) in [5, 5.41) is 8.99. The fraction of sp³-hybridized carbons (Fsp3) is 0.176. The fourth-order valence-corrected chi connectivity index (χ4v) is 2.28. The van der Waals surface area contributed by atoms with E-state index in [0.717, 1.165) is 22.3 Å². The lowest BCUT2D eigenvalue weighted by atomic mass is 9.93. The molecule has 0 saturated heterocycles. The van der Waals surface area contributed by atoms with Gasteiger partial charge in [-0.1, -0.05) is 18.2 Å². The van der Waals surface area contributed by atoms with Crippen molar-refractivity contribution in [2.24, 2.45) is 0 Å². The number of carbonyl (C=O) groups is 2. The summed E-state index contributed by atoms with van der Waals surface area (Å²) < 4.78 is 0. The molecule has 0 bridgehead atoms. The van der Waals surface area contributed by atoms with Crippen molar-refractivity contribution in [3.8, 4) is 11.1 Å². The molecule has 1 N–H and O–H groups in total. The molecule has 3 nitrogen and oxygen atoms in total. The number of hydrogen-bond donors (Lipinski definition) is 1. The second kappa shape index (κ2) is 5.29. The highest BCUT2D eigenvalue weighted by Crippen LogP contribution is 2.28. The molecule has 2 rings (SSSR count). The van der Waals surface area contributed by atoms with Gasteiger partial charge in [-0.25, -0.2) is 4.79 Å². The maximum absolute atomic E-state index is 11.4. The van der Waals surface area contributed by atoms with E-state index in [1.165, 1.54) is 0 Å². The molecule has 0 radical (unpaired) electrons. The van der Waals surface area contributed by atoms with Crippen LogP contribution in [0.4, 0.5) is 0 Å². The average molecular weight is 268 g/mol. The Morgan fingerprint density at radius 2 is 1.30 bits per heavy atom. The van der Waals surface area contributed by atoms with Gasteiger partial charge < -0.3 is 5.11 Å². The van der Waals surface area contributed by atoms with E-state index in [4.69, 9.17) is 5.11 Å². The highest BCUT2D eigenvalue weighted by Gasteiger charge is 2.10. The van der Waals surface area contributed by atoms with Gasteiger partial charge in [0.2, 0.25) is 0 Å². The van der Waals surface area contributed by atoms with Gasteiger partial charge in [0.05, 0.1) is 5.56 Å². The number of carbonyl (C=O) groups excluding carboxylic acids is 1. The Labute approximate surface area is 117 Å². The lowest BCUT2D eigenvalue weighted by Gasteiger charge is -2.11. The van der Waals surface area contributed by atoms with E-state index in [1.807, 2.05) is 32.0 Å². The molecule has 0 aliphatic carbocycles. The number of aryl methyl sites for hydroxylation is 2. The zero-order valence-corrected chi connectivity index (χ0v) is 11.7. The predicted octanol–water partition coefficient (Wildman–Crippen LogP) is 3.87. The molecule has 0 atom stereocenters. The van der Waals surface area contributed by atoms with Crippen molar-refractivity contribution in [3.05, 3.63) is 58.7 Å². The van der Waals surface area contributed by atoms with Crippen molar-refractivity contribution in [1.82, 2.24) is 0 Å². The highest BCUT2D eigenvalue weighted by atomic mass is 16.4. The Morgan fingerprint density at radius 1 is 0.850 bits per heavy atom. The van der Waals surface area contributed by atoms with E-state index >= 15 is 0 Å². The monoisotopic (exact) mass is 268 g/mol. The maximum atomic E-state index is 11.4. The summed E-state index contributed by atoms with van der Waals surface area (Å²) in [6.07, 6.45) is 0. The van der Waals surface area contributed by atoms with Crippen molar-refractivity contribution < 1.29 is 14.7 Å². The Hall–Kier alpha value is -2.42. The number of benzene rings is 2. The molecule has 20 heavy (non-hydrogen) atoms. The normalized spacial score (nSPS) is 10.3. The van der Waals surface area contributed by atoms with Crippen LogP contribution in [0.25, 0.3) is 11.1 Å². The van der Waals surface area contributed by atoms with Crippen LogP contribution in [0.2, 0.25) is 0 Å². The summed E-state index contributed by atoms with van der Waals surface area (Å²) in [6, 6.07) is 10.7. The number of aromatic carboxylic acids is 1. The predicted molar refractivity (Wildman–Crippen MR) is 78.3 cm³/mol. The first-order valence-electron chi connectivity index (χ1n) is 6.36. The molecule has 2 aromatic carbocycles. The van der Waals surface area contributed by atoms with Crippen LogP contribution in [-0.2, 0) is 0 Å². The van der Waals surface area contributed by atoms with Crippen LogP contribution in [0.1, 0.15) is 38.8 Å². The van der Waals surface area contributed by atoms with E-state index in [0.29, 0.717) is 5.56 Å². The second-order valence-corrected chi connectivity index (χ2v) is 4.92. The van der Waals surface area contributed by atoms with Gasteiger partial charge in [-0.2, -0.15) is 0 Å². The second-order valence-electron chi connectivity index (χ2n) is 4.92. The molecule has 0 unspecified atom stereocenters. The van der Waals surface area contributed by atoms with E-state index in [-0.39, 0.29) is 11.3 Å². The third-order valence-electron chi connectivity index (χ3n) is 3.40. The molecule has 0 aliphatic rings. The molecule has 0 heterocycles. The molecule has 2 aromatic rings. The first kappa shape index (κ1) is 14.0. The molecule has 0 fully saturated rings. The summed E-state index contributed by atoms with van der Waals surface area (Å²) in [6.45, 7) is 5.38. The van der Waals surface area contributed by atoms with Crippen molar-refractivity contribution in [2.75, 3.05) is 0 Å². The Morgan fingerprint density at radius 3 is 1.70 bits per heavy atom. The number of rotatable bonds is 3. The lowest BCUT2D eigenvalue weighted by molar-refractivity contribution is 0.0696. The van der Waals surface area contributed by atoms with Gasteiger partial charge in [-0.3, -0.25) is 4.79 Å². The van der Waals surface area contributed by atoms with E-state index in [1.54, 1.807) is 25.1 Å². The van der Waals surface area contributed by atoms with Gasteiger partial charge in [0.15, 0.2) is 5.78 Å². The summed E-state index contributed by atoms with van der Waals surface area (Å²) >= 11 is 0. The number of carboxylic acid groups (broad SMARTS) is 1. The van der Waals surface area contributed by atoms with Crippen LogP contribution < -0.4 is 0 Å². The molecule has 102 valence electrons. The summed E-state index contributed by atoms with van der Waals surface area (Å²) in [5.74, 6) is -0.888. The van der Waals surface area contributed by atoms with Crippen LogP contribution in [0, 0.1) is 13.8 Å². The van der Waals surface area contributed by atoms with Gasteiger partial charge in [0.1, 0.15) is 0 Å². The smallest absolute Gasteiger partial charge is 0.335 e. The largest absolute Gasteiger partial charge is 0.478 e. The average Bonchev–Trinajstić information content (AvgIpc) is 2.38. The van der Waals surface area contributed by atoms with Crippen molar-refractivity contribution >= 4 is 11.8 Å². The molecule has 0 aliphatic heterocycles. The topological polar surface area (TPSA) is 54.4 Å². The van der Waals surface area contributed by atoms with Gasteiger partial charge in [0, 0.05) is 5.56 Å². The lowest BCUT2D eigenvalue weighted by Crippen LogP contribution is -1.98. The summed E-state index contributed by atoms with van der Waals surface area (Å²) in [5.41, 5.74) is 4.88. The van der Waals surface area contributed by atoms with E-state index < -0.39 is 5.97 Å². The van der Waals surface area contributed by atoms with Crippen LogP contribution in [-0.4, -0.2) is 16.9 Å². The standard InChI is InChI=1S/C17H16O3/c1-10-8-13(12(3)18)4-6-15(10)16-7-5-14(17(19)20)9-11(16)2/h4-9H,1-3H3,(H,19,20). The van der Waals surface area contributed by atoms with Crippen molar-refractivity contribution in [1.29, 1.82) is 0 Å². The highest BCUT2D eigenvalue weighted by molar-refractivity contribution is 5.95. The van der Waals surface area contributed by atoms with Crippen molar-refractivity contribution in [2.45, 2.75) is 20.8 Å². The third-order valence-corrected chi connectivity index (χ3v) is 3.40. The summed E-state index contributed by atoms with van der Waals surface area (Å²) in [7, 11) is 0. The first-order valence-corrected chi connectivity index (χ1v) is 6.36. The quantitative estimate of drug-likeness (QED) is 0.860. The van der Waals surface area contributed by atoms with E-state index in [9.17, 15) is 9.59 Å². The molecule has 0 spiro atoms. The first-order chi connectivity index (χ1) is 9.40. The zero-order chi connectivity index (χ0) is 14.9. The molecule has 3 heteroatoms. The maximum Gasteiger partial charge on any atom is 0.335 e. The minimum Gasteiger partial charge on any atom is -0.478 e. The van der Waals surface area contributed by atoms with Gasteiger partial charge in [-0.15, -0.1) is 0 Å². The number of ketones is 1. The third kappa shape index (κ3) is 2.62. The fourth-order valence-electron chi connectivity index (χ4n) is 2.28. The molecular formula is C17H16O3. The van der Waals surface area contributed by atoms with Crippen molar-refractivity contribution in [3.63, 3.8) is 0 Å². The van der Waals surface area contributed by atoms with E-state index in [2.05, 4.69) is 0 Å². The Kier molecular flexibility index (Phi) is 3.70. The van der Waals surface area contributed by atoms with Crippen LogP contribution >= 0.6 is 0 Å². The Balaban J connectivity index is 2.52. The zero-order valence-electron chi connectivity index (χ0n) is 11.7. The minimum atomic E-state index is -0.928. The van der Waals surface area contributed by atoms with Crippen LogP contribution in [0.15, 0.2) is 36.4 Å². The number of Topliss-reactive ketones (excluding diaryl/α,β-unsaturated/α-hetero) is 1.